The number of carbonyl (C=O) groups is 1. The van der Waals surface area contributed by atoms with Gasteiger partial charge in [0.05, 0.1) is 6.04 Å². The Bertz CT molecular complexity index is 459. The SMILES string of the molecule is CC(C)(C)OC(=O)N(N)C1CCC(c2ccccc2)CC1. The monoisotopic (exact) mass is 290 g/mol. The third-order valence-corrected chi connectivity index (χ3v) is 3.97. The predicted octanol–water partition coefficient (Wildman–Crippen LogP) is 3.82. The first-order chi connectivity index (χ1) is 9.87. The Morgan fingerprint density at radius 2 is 1.71 bits per heavy atom. The molecule has 2 rings (SSSR count). The van der Waals surface area contributed by atoms with Gasteiger partial charge in [0.1, 0.15) is 5.60 Å². The molecule has 1 aromatic rings. The molecule has 0 unspecified atom stereocenters. The van der Waals surface area contributed by atoms with E-state index in [1.165, 1.54) is 10.6 Å². The summed E-state index contributed by atoms with van der Waals surface area (Å²) in [6.07, 6.45) is 3.55. The summed E-state index contributed by atoms with van der Waals surface area (Å²) in [4.78, 5) is 12.0. The van der Waals surface area contributed by atoms with E-state index < -0.39 is 11.7 Å². The summed E-state index contributed by atoms with van der Waals surface area (Å²) in [5, 5.41) is 1.28. The zero-order valence-electron chi connectivity index (χ0n) is 13.2. The fourth-order valence-corrected chi connectivity index (χ4v) is 2.88. The van der Waals surface area contributed by atoms with Crippen LogP contribution in [-0.2, 0) is 4.74 Å². The molecule has 0 saturated heterocycles. The molecule has 1 aromatic carbocycles. The summed E-state index contributed by atoms with van der Waals surface area (Å²) >= 11 is 0. The smallest absolute Gasteiger partial charge is 0.424 e. The van der Waals surface area contributed by atoms with E-state index in [2.05, 4.69) is 24.3 Å². The van der Waals surface area contributed by atoms with E-state index in [9.17, 15) is 4.79 Å². The summed E-state index contributed by atoms with van der Waals surface area (Å²) in [6, 6.07) is 10.6. The molecule has 116 valence electrons. The number of benzene rings is 1. The zero-order chi connectivity index (χ0) is 15.5. The lowest BCUT2D eigenvalue weighted by Crippen LogP contribution is -2.49. The average Bonchev–Trinajstić information content (AvgIpc) is 2.46. The first-order valence-corrected chi connectivity index (χ1v) is 7.68. The molecule has 0 spiro atoms. The highest BCUT2D eigenvalue weighted by Crippen LogP contribution is 2.34. The predicted molar refractivity (Wildman–Crippen MR) is 83.7 cm³/mol. The quantitative estimate of drug-likeness (QED) is 0.512. The van der Waals surface area contributed by atoms with E-state index in [1.807, 2.05) is 26.8 Å². The van der Waals surface area contributed by atoms with Crippen molar-refractivity contribution in [3.63, 3.8) is 0 Å². The lowest BCUT2D eigenvalue weighted by atomic mass is 9.81. The van der Waals surface area contributed by atoms with Crippen molar-refractivity contribution in [1.82, 2.24) is 5.01 Å². The number of amides is 1. The first kappa shape index (κ1) is 15.8. The Kier molecular flexibility index (Phi) is 4.88. The van der Waals surface area contributed by atoms with Crippen LogP contribution in [-0.4, -0.2) is 22.7 Å². The van der Waals surface area contributed by atoms with Gasteiger partial charge in [-0.1, -0.05) is 30.3 Å². The Morgan fingerprint density at radius 1 is 1.14 bits per heavy atom. The first-order valence-electron chi connectivity index (χ1n) is 7.68. The van der Waals surface area contributed by atoms with Crippen LogP contribution in [0.25, 0.3) is 0 Å². The van der Waals surface area contributed by atoms with Crippen LogP contribution < -0.4 is 5.84 Å². The third kappa shape index (κ3) is 4.46. The molecule has 0 atom stereocenters. The Morgan fingerprint density at radius 3 is 2.24 bits per heavy atom. The summed E-state index contributed by atoms with van der Waals surface area (Å²) in [5.74, 6) is 6.52. The van der Waals surface area contributed by atoms with Gasteiger partial charge in [0.2, 0.25) is 0 Å². The summed E-state index contributed by atoms with van der Waals surface area (Å²) in [6.45, 7) is 5.56. The van der Waals surface area contributed by atoms with Crippen molar-refractivity contribution < 1.29 is 9.53 Å². The van der Waals surface area contributed by atoms with Crippen molar-refractivity contribution in [1.29, 1.82) is 0 Å². The maximum Gasteiger partial charge on any atom is 0.424 e. The van der Waals surface area contributed by atoms with Crippen LogP contribution in [0, 0.1) is 0 Å². The number of carbonyl (C=O) groups excluding carboxylic acids is 1. The van der Waals surface area contributed by atoms with Gasteiger partial charge in [-0.25, -0.2) is 15.6 Å². The number of hydrogen-bond acceptors (Lipinski definition) is 3. The molecule has 4 nitrogen and oxygen atoms in total. The van der Waals surface area contributed by atoms with Crippen molar-refractivity contribution in [3.8, 4) is 0 Å². The van der Waals surface area contributed by atoms with Gasteiger partial charge in [0.25, 0.3) is 0 Å². The number of hydrogen-bond donors (Lipinski definition) is 1. The number of ether oxygens (including phenoxy) is 1. The molecule has 0 heterocycles. The van der Waals surface area contributed by atoms with Crippen LogP contribution in [0.3, 0.4) is 0 Å². The lowest BCUT2D eigenvalue weighted by molar-refractivity contribution is 0.0112. The van der Waals surface area contributed by atoms with Gasteiger partial charge in [-0.3, -0.25) is 0 Å². The number of nitrogens with two attached hydrogens (primary N) is 1. The molecule has 1 saturated carbocycles. The highest BCUT2D eigenvalue weighted by molar-refractivity contribution is 5.67. The second-order valence-corrected chi connectivity index (χ2v) is 6.80. The van der Waals surface area contributed by atoms with Crippen molar-refractivity contribution in [3.05, 3.63) is 35.9 Å². The van der Waals surface area contributed by atoms with Gasteiger partial charge in [0, 0.05) is 0 Å². The van der Waals surface area contributed by atoms with Crippen LogP contribution in [0.5, 0.6) is 0 Å². The van der Waals surface area contributed by atoms with Gasteiger partial charge in [-0.05, 0) is 57.9 Å². The third-order valence-electron chi connectivity index (χ3n) is 3.97. The van der Waals surface area contributed by atoms with Gasteiger partial charge in [0.15, 0.2) is 0 Å². The molecule has 1 amide bonds. The van der Waals surface area contributed by atoms with E-state index in [-0.39, 0.29) is 6.04 Å². The Hall–Kier alpha value is -1.55. The van der Waals surface area contributed by atoms with Crippen LogP contribution in [0.2, 0.25) is 0 Å². The van der Waals surface area contributed by atoms with Gasteiger partial charge < -0.3 is 4.74 Å². The van der Waals surface area contributed by atoms with E-state index in [0.29, 0.717) is 5.92 Å². The van der Waals surface area contributed by atoms with Crippen LogP contribution in [0.15, 0.2) is 30.3 Å². The molecule has 1 aliphatic rings. The molecule has 0 aromatic heterocycles. The van der Waals surface area contributed by atoms with Crippen molar-refractivity contribution in [2.75, 3.05) is 0 Å². The van der Waals surface area contributed by atoms with Crippen molar-refractivity contribution >= 4 is 6.09 Å². The van der Waals surface area contributed by atoms with Crippen molar-refractivity contribution in [2.24, 2.45) is 5.84 Å². The molecule has 1 aliphatic carbocycles. The van der Waals surface area contributed by atoms with Crippen molar-refractivity contribution in [2.45, 2.75) is 64.0 Å². The summed E-state index contributed by atoms with van der Waals surface area (Å²) in [5.41, 5.74) is 0.882. The highest BCUT2D eigenvalue weighted by atomic mass is 16.6. The topological polar surface area (TPSA) is 55.6 Å². The maximum atomic E-state index is 12.0. The molecule has 1 fully saturated rings. The molecular weight excluding hydrogens is 264 g/mol. The largest absolute Gasteiger partial charge is 0.443 e. The minimum atomic E-state index is -0.504. The number of rotatable bonds is 2. The van der Waals surface area contributed by atoms with E-state index >= 15 is 0 Å². The van der Waals surface area contributed by atoms with E-state index in [1.54, 1.807) is 0 Å². The van der Waals surface area contributed by atoms with Crippen LogP contribution in [0.1, 0.15) is 57.9 Å². The zero-order valence-corrected chi connectivity index (χ0v) is 13.2. The van der Waals surface area contributed by atoms with Gasteiger partial charge >= 0.3 is 6.09 Å². The molecular formula is C17H26N2O2. The minimum absolute atomic E-state index is 0.0832. The summed E-state index contributed by atoms with van der Waals surface area (Å²) in [7, 11) is 0. The number of nitrogens with zero attached hydrogens (tertiary/aromatic N) is 1. The normalized spacial score (nSPS) is 22.7. The molecule has 4 heteroatoms. The molecule has 21 heavy (non-hydrogen) atoms. The van der Waals surface area contributed by atoms with Crippen LogP contribution in [0.4, 0.5) is 4.79 Å². The second kappa shape index (κ2) is 6.48. The molecule has 0 aliphatic heterocycles. The second-order valence-electron chi connectivity index (χ2n) is 6.80. The standard InChI is InChI=1S/C17H26N2O2/c1-17(2,3)21-16(20)19(18)15-11-9-14(10-12-15)13-7-5-4-6-8-13/h4-8,14-15H,9-12,18H2,1-3H3. The van der Waals surface area contributed by atoms with Gasteiger partial charge in [-0.2, -0.15) is 0 Å². The number of hydrazine groups is 1. The van der Waals surface area contributed by atoms with E-state index in [4.69, 9.17) is 10.6 Å². The molecule has 0 bridgehead atoms. The Balaban J connectivity index is 1.87. The molecule has 2 N–H and O–H groups in total. The lowest BCUT2D eigenvalue weighted by Gasteiger charge is -2.35. The fourth-order valence-electron chi connectivity index (χ4n) is 2.88. The fraction of sp³-hybridized carbons (Fsp3) is 0.588. The molecule has 0 radical (unpaired) electrons. The van der Waals surface area contributed by atoms with Gasteiger partial charge in [-0.15, -0.1) is 0 Å². The maximum absolute atomic E-state index is 12.0. The average molecular weight is 290 g/mol. The summed E-state index contributed by atoms with van der Waals surface area (Å²) < 4.78 is 5.33. The minimum Gasteiger partial charge on any atom is -0.443 e. The van der Waals surface area contributed by atoms with E-state index in [0.717, 1.165) is 25.7 Å². The van der Waals surface area contributed by atoms with Crippen LogP contribution >= 0.6 is 0 Å². The highest BCUT2D eigenvalue weighted by Gasteiger charge is 2.30. The Labute approximate surface area is 127 Å².